The van der Waals surface area contributed by atoms with Crippen LogP contribution < -0.4 is 10.1 Å². The Balaban J connectivity index is 1.81. The number of hydrogen-bond acceptors (Lipinski definition) is 4. The molecule has 0 radical (unpaired) electrons. The topological polar surface area (TPSA) is 34.1 Å². The molecule has 106 valence electrons. The van der Waals surface area contributed by atoms with Crippen molar-refractivity contribution in [1.82, 2.24) is 10.3 Å². The number of rotatable bonds is 7. The molecule has 0 bridgehead atoms. The van der Waals surface area contributed by atoms with Gasteiger partial charge in [-0.05, 0) is 43.5 Å². The first kappa shape index (κ1) is 13.6. The highest BCUT2D eigenvalue weighted by atomic mass is 32.1. The van der Waals surface area contributed by atoms with Crippen molar-refractivity contribution < 1.29 is 4.74 Å². The molecule has 1 aromatic carbocycles. The number of hydrogen-bond donors (Lipinski definition) is 1. The zero-order valence-corrected chi connectivity index (χ0v) is 12.5. The van der Waals surface area contributed by atoms with Crippen LogP contribution in [0.25, 0.3) is 0 Å². The van der Waals surface area contributed by atoms with Crippen molar-refractivity contribution in [1.29, 1.82) is 0 Å². The molecule has 1 N–H and O–H groups in total. The second-order valence-electron chi connectivity index (χ2n) is 5.19. The molecule has 1 atom stereocenters. The normalized spacial score (nSPS) is 16.1. The van der Waals surface area contributed by atoms with Crippen molar-refractivity contribution in [3.8, 4) is 5.75 Å². The lowest BCUT2D eigenvalue weighted by Crippen LogP contribution is -2.23. The fourth-order valence-electron chi connectivity index (χ4n) is 2.19. The fourth-order valence-corrected chi connectivity index (χ4v) is 2.77. The van der Waals surface area contributed by atoms with E-state index in [1.54, 1.807) is 11.3 Å². The van der Waals surface area contributed by atoms with Crippen LogP contribution in [0.1, 0.15) is 43.5 Å². The van der Waals surface area contributed by atoms with Crippen molar-refractivity contribution in [2.45, 2.75) is 38.3 Å². The van der Waals surface area contributed by atoms with Crippen molar-refractivity contribution in [3.05, 3.63) is 46.4 Å². The van der Waals surface area contributed by atoms with Crippen LogP contribution in [0, 0.1) is 0 Å². The quantitative estimate of drug-likeness (QED) is 0.842. The van der Waals surface area contributed by atoms with Gasteiger partial charge in [0.25, 0.3) is 0 Å². The molecule has 20 heavy (non-hydrogen) atoms. The molecule has 0 spiro atoms. The van der Waals surface area contributed by atoms with Crippen molar-refractivity contribution >= 4 is 11.3 Å². The van der Waals surface area contributed by atoms with Crippen molar-refractivity contribution in [3.63, 3.8) is 0 Å². The standard InChI is InChI=1S/C16H20N2OS/c1-2-8-17-16(15-10-20-11-18-15)12-4-3-5-14(9-12)19-13-6-7-13/h3-5,9-11,13,16-17H,2,6-8H2,1H3. The van der Waals surface area contributed by atoms with Crippen LogP contribution in [0.4, 0.5) is 0 Å². The zero-order chi connectivity index (χ0) is 13.8. The van der Waals surface area contributed by atoms with E-state index in [2.05, 4.69) is 40.8 Å². The van der Waals surface area contributed by atoms with Gasteiger partial charge in [0.15, 0.2) is 0 Å². The minimum atomic E-state index is 0.156. The SMILES string of the molecule is CCCNC(c1cccc(OC2CC2)c1)c1cscn1. The smallest absolute Gasteiger partial charge is 0.120 e. The van der Waals surface area contributed by atoms with E-state index < -0.39 is 0 Å². The Bertz CT molecular complexity index is 537. The average Bonchev–Trinajstić information content (AvgIpc) is 3.11. The minimum absolute atomic E-state index is 0.156. The zero-order valence-electron chi connectivity index (χ0n) is 11.7. The summed E-state index contributed by atoms with van der Waals surface area (Å²) in [5, 5.41) is 5.69. The summed E-state index contributed by atoms with van der Waals surface area (Å²) >= 11 is 1.64. The van der Waals surface area contributed by atoms with Gasteiger partial charge >= 0.3 is 0 Å². The van der Waals surface area contributed by atoms with Gasteiger partial charge in [0.05, 0.1) is 23.4 Å². The van der Waals surface area contributed by atoms with Gasteiger partial charge in [-0.15, -0.1) is 11.3 Å². The molecular weight excluding hydrogens is 268 g/mol. The Labute approximate surface area is 124 Å². The molecule has 2 aromatic rings. The van der Waals surface area contributed by atoms with Gasteiger partial charge in [-0.3, -0.25) is 0 Å². The molecule has 0 amide bonds. The molecule has 1 aromatic heterocycles. The number of benzene rings is 1. The van der Waals surface area contributed by atoms with E-state index in [1.807, 2.05) is 11.6 Å². The molecule has 1 saturated carbocycles. The average molecular weight is 288 g/mol. The summed E-state index contributed by atoms with van der Waals surface area (Å²) in [5.41, 5.74) is 4.20. The van der Waals surface area contributed by atoms with E-state index in [1.165, 1.54) is 18.4 Å². The summed E-state index contributed by atoms with van der Waals surface area (Å²) < 4.78 is 5.89. The van der Waals surface area contributed by atoms with Gasteiger partial charge in [0.2, 0.25) is 0 Å². The summed E-state index contributed by atoms with van der Waals surface area (Å²) in [5.74, 6) is 0.975. The van der Waals surface area contributed by atoms with Gasteiger partial charge in [-0.2, -0.15) is 0 Å². The molecule has 0 saturated heterocycles. The van der Waals surface area contributed by atoms with Crippen molar-refractivity contribution in [2.75, 3.05) is 6.54 Å². The highest BCUT2D eigenvalue weighted by molar-refractivity contribution is 7.07. The van der Waals surface area contributed by atoms with E-state index in [4.69, 9.17) is 4.74 Å². The molecule has 1 aliphatic rings. The molecule has 0 aliphatic heterocycles. The molecule has 1 aliphatic carbocycles. The number of thiazole rings is 1. The first-order valence-corrected chi connectivity index (χ1v) is 8.19. The first-order chi connectivity index (χ1) is 9.86. The Hall–Kier alpha value is -1.39. The third-order valence-corrected chi connectivity index (χ3v) is 3.97. The van der Waals surface area contributed by atoms with Crippen molar-refractivity contribution in [2.24, 2.45) is 0 Å². The molecule has 1 fully saturated rings. The number of aromatic nitrogens is 1. The summed E-state index contributed by atoms with van der Waals surface area (Å²) in [6.45, 7) is 3.16. The summed E-state index contributed by atoms with van der Waals surface area (Å²) in [4.78, 5) is 4.46. The Morgan fingerprint density at radius 1 is 1.45 bits per heavy atom. The second kappa shape index (κ2) is 6.37. The highest BCUT2D eigenvalue weighted by Crippen LogP contribution is 2.30. The summed E-state index contributed by atoms with van der Waals surface area (Å²) in [6.07, 6.45) is 3.92. The predicted octanol–water partition coefficient (Wildman–Crippen LogP) is 3.77. The van der Waals surface area contributed by atoms with Gasteiger partial charge in [0.1, 0.15) is 5.75 Å². The number of nitrogens with zero attached hydrogens (tertiary/aromatic N) is 1. The van der Waals surface area contributed by atoms with Crippen LogP contribution in [0.5, 0.6) is 5.75 Å². The molecule has 1 heterocycles. The Morgan fingerprint density at radius 2 is 2.35 bits per heavy atom. The van der Waals surface area contributed by atoms with Gasteiger partial charge in [-0.1, -0.05) is 19.1 Å². The maximum absolute atomic E-state index is 5.89. The van der Waals surface area contributed by atoms with Crippen LogP contribution in [-0.4, -0.2) is 17.6 Å². The Kier molecular flexibility index (Phi) is 4.33. The van der Waals surface area contributed by atoms with Crippen LogP contribution in [0.2, 0.25) is 0 Å². The maximum Gasteiger partial charge on any atom is 0.120 e. The van der Waals surface area contributed by atoms with Crippen LogP contribution in [0.15, 0.2) is 35.2 Å². The summed E-state index contributed by atoms with van der Waals surface area (Å²) in [7, 11) is 0. The van der Waals surface area contributed by atoms with Crippen LogP contribution in [-0.2, 0) is 0 Å². The monoisotopic (exact) mass is 288 g/mol. The van der Waals surface area contributed by atoms with E-state index in [-0.39, 0.29) is 6.04 Å². The molecule has 1 unspecified atom stereocenters. The molecule has 4 heteroatoms. The number of nitrogens with one attached hydrogen (secondary N) is 1. The third kappa shape index (κ3) is 3.38. The van der Waals surface area contributed by atoms with Crippen LogP contribution >= 0.6 is 11.3 Å². The second-order valence-corrected chi connectivity index (χ2v) is 5.91. The summed E-state index contributed by atoms with van der Waals surface area (Å²) in [6, 6.07) is 8.56. The number of ether oxygens (including phenoxy) is 1. The predicted molar refractivity (Wildman–Crippen MR) is 82.3 cm³/mol. The lowest BCUT2D eigenvalue weighted by Gasteiger charge is -2.18. The first-order valence-electron chi connectivity index (χ1n) is 7.25. The lowest BCUT2D eigenvalue weighted by atomic mass is 10.0. The largest absolute Gasteiger partial charge is 0.490 e. The van der Waals surface area contributed by atoms with E-state index in [9.17, 15) is 0 Å². The molecule has 3 rings (SSSR count). The fraction of sp³-hybridized carbons (Fsp3) is 0.438. The van der Waals surface area contributed by atoms with Gasteiger partial charge < -0.3 is 10.1 Å². The Morgan fingerprint density at radius 3 is 3.05 bits per heavy atom. The van der Waals surface area contributed by atoms with E-state index in [0.29, 0.717) is 6.10 Å². The van der Waals surface area contributed by atoms with Gasteiger partial charge in [0, 0.05) is 5.38 Å². The van der Waals surface area contributed by atoms with Crippen LogP contribution in [0.3, 0.4) is 0 Å². The molecular formula is C16H20N2OS. The van der Waals surface area contributed by atoms with E-state index >= 15 is 0 Å². The van der Waals surface area contributed by atoms with Gasteiger partial charge in [-0.25, -0.2) is 4.98 Å². The lowest BCUT2D eigenvalue weighted by molar-refractivity contribution is 0.302. The third-order valence-electron chi connectivity index (χ3n) is 3.36. The molecule has 3 nitrogen and oxygen atoms in total. The highest BCUT2D eigenvalue weighted by Gasteiger charge is 2.24. The minimum Gasteiger partial charge on any atom is -0.490 e. The maximum atomic E-state index is 5.89. The van der Waals surface area contributed by atoms with E-state index in [0.717, 1.165) is 24.4 Å².